The smallest absolute Gasteiger partial charge is 0.307 e. The van der Waals surface area contributed by atoms with E-state index in [0.717, 1.165) is 172 Å². The molecule has 0 N–H and O–H groups in total. The summed E-state index contributed by atoms with van der Waals surface area (Å²) in [6.07, 6.45) is 24.8. The van der Waals surface area contributed by atoms with Crippen molar-refractivity contribution in [3.63, 3.8) is 0 Å². The van der Waals surface area contributed by atoms with E-state index in [1.165, 1.54) is 0 Å². The summed E-state index contributed by atoms with van der Waals surface area (Å²) >= 11 is 0. The number of aromatic nitrogens is 6. The largest absolute Gasteiger partial charge is 0.540 e. The predicted molar refractivity (Wildman–Crippen MR) is 534 cm³/mol. The molecule has 3 aromatic heterocycles. The minimum atomic E-state index is -0.915. The Morgan fingerprint density at radius 3 is 1.02 bits per heavy atom. The zero-order chi connectivity index (χ0) is 99.8. The van der Waals surface area contributed by atoms with Crippen LogP contribution in [0.25, 0.3) is 33.1 Å². The minimum Gasteiger partial charge on any atom is -0.540 e. The number of carbonyl (C=O) groups is 6. The number of esters is 3. The van der Waals surface area contributed by atoms with Gasteiger partial charge in [0.05, 0.1) is 111 Å². The molecule has 3 saturated carbocycles. The molecule has 27 nitrogen and oxygen atoms in total. The molecule has 765 valence electrons. The molecule has 3 radical (unpaired) electrons. The number of hydrogen-bond donors (Lipinski definition) is 0. The van der Waals surface area contributed by atoms with Crippen LogP contribution in [0.4, 0.5) is 0 Å². The van der Waals surface area contributed by atoms with E-state index in [9.17, 15) is 43.2 Å². The van der Waals surface area contributed by atoms with E-state index in [1.807, 2.05) is 215 Å². The van der Waals surface area contributed by atoms with Crippen molar-refractivity contribution >= 4 is 87.6 Å². The monoisotopic (exact) mass is 2070 g/mol. The SMILES string of the molecule is COc1ccc2nc3c(nc2c1)O[C@H]1CN(C(=O)[C@H](C(C)(C)C)CC(=O)O[C@@H]2CCC[C@H]2CCCCC3)[C@H]([C-]=O)[C@@H]1c1ccccc1.COc1ccc2nc3c(nc2c1)O[C@H]1CN(C(=O)[C@H](C(C)(C)C)CC(=O)O[C@]2(C)CCC[C@H]2CCCCC3)[C@H]([C-]=O)[C@@H]1c1ccccc1.COc1ccc2nc3c(nc2c1)O[C@H]1CN(C(=O)[C@H](C(C)(C)C)CC(=O)O[C@]2(C)C[C@H]2CCCCC3)[C@H]([C-]=O)[C@@H]1c1ccccc1.[V].[V].[V]. The van der Waals surface area contributed by atoms with Crippen LogP contribution in [0.2, 0.25) is 0 Å². The van der Waals surface area contributed by atoms with Gasteiger partial charge in [0.25, 0.3) is 0 Å². The van der Waals surface area contributed by atoms with E-state index >= 15 is 0 Å². The summed E-state index contributed by atoms with van der Waals surface area (Å²) in [4.78, 5) is 157. The number of carbonyl (C=O) groups excluding carboxylic acids is 9. The van der Waals surface area contributed by atoms with Crippen molar-refractivity contribution in [3.05, 3.63) is 179 Å². The van der Waals surface area contributed by atoms with Crippen molar-refractivity contribution in [1.82, 2.24) is 44.6 Å². The van der Waals surface area contributed by atoms with Crippen molar-refractivity contribution in [1.29, 1.82) is 0 Å². The van der Waals surface area contributed by atoms with Gasteiger partial charge < -0.3 is 71.7 Å². The molecule has 6 aromatic carbocycles. The molecule has 18 atom stereocenters. The molecule has 6 aliphatic heterocycles. The van der Waals surface area contributed by atoms with Crippen LogP contribution in [0, 0.1) is 51.8 Å². The molecule has 0 spiro atoms. The van der Waals surface area contributed by atoms with E-state index in [4.69, 9.17) is 72.5 Å². The van der Waals surface area contributed by atoms with Crippen LogP contribution in [0.1, 0.15) is 269 Å². The fraction of sp³-hybridized carbons (Fsp3) is 0.553. The molecule has 6 fully saturated rings. The Kier molecular flexibility index (Phi) is 37.1. The molecule has 18 rings (SSSR count). The minimum absolute atomic E-state index is 0. The third-order valence-corrected chi connectivity index (χ3v) is 31.2. The van der Waals surface area contributed by atoms with Gasteiger partial charge in [-0.3, -0.25) is 28.8 Å². The van der Waals surface area contributed by atoms with Crippen molar-refractivity contribution < 1.29 is 141 Å². The Labute approximate surface area is 882 Å². The Morgan fingerprint density at radius 1 is 0.347 bits per heavy atom. The Hall–Kier alpha value is -10.3. The van der Waals surface area contributed by atoms with E-state index in [1.54, 1.807) is 36.0 Å². The second-order valence-corrected chi connectivity index (χ2v) is 43.9. The first-order chi connectivity index (χ1) is 67.7. The van der Waals surface area contributed by atoms with Gasteiger partial charge >= 0.3 is 17.9 Å². The number of ether oxygens (including phenoxy) is 9. The number of benzene rings is 6. The van der Waals surface area contributed by atoms with Gasteiger partial charge in [-0.2, -0.15) is 0 Å². The van der Waals surface area contributed by atoms with E-state index in [2.05, 4.69) is 25.8 Å². The molecule has 3 aliphatic carbocycles. The number of aryl methyl sites for hydroxylation is 3. The van der Waals surface area contributed by atoms with Crippen LogP contribution < -0.4 is 28.4 Å². The standard InChI is InChI=1S/C39H48N3O6.C38H46N3O6.C37H44N3O6.3V/c1-38(2,3)28-22-34(44)48-39(4)20-12-16-26(39)15-10-7-11-17-30-36(41-31-21-27(46-5)18-19-29(31)40-30)47-33-23-42(37(28)45)32(24-43)35(33)25-13-8-6-9-14-25;1-38(2,3)27-21-34(43)46-32-17-11-15-24(32)12-7-6-10-16-29-36(40-30-20-26(45-4)18-19-28(30)39-29)47-33-22-41(37(27)44)31(23-42)35(33)25-13-8-5-9-14-25;1-36(2,3)26-19-32(42)46-37(4)20-24(37)14-10-7-11-15-28-34(39-29-18-25(44-5)16-17-27(29)38-28)45-31-21-40(35(26)43)30(22-41)33(31)23-12-8-6-9-13-23;;;/h6,8-9,13-14,18-19,21,26,28,32-33,35H,7,10-12,15-17,20,22-23H2,1-5H3;5,8-9,13-14,18-20,24,27,31-33,35H,6-7,10-12,15-17,21-22H2,1-4H3;6,8-9,12-13,16-18,24,26,30-31,33H,7,10-11,14-15,19-21H2,1-5H3;;;/q3*-1;;;/t26-,28-,32-,33+,35+,39-;24-,27-,31-,32-,33+,35+;24-,26-,30-,31+,33+,37-;;;/m111.../s1. The number of fused-ring (bicyclic) bond motifs is 15. The molecule has 9 aromatic rings. The third kappa shape index (κ3) is 25.6. The summed E-state index contributed by atoms with van der Waals surface area (Å²) in [5, 5.41) is 0. The zero-order valence-corrected chi connectivity index (χ0v) is 89.8. The van der Waals surface area contributed by atoms with Gasteiger partial charge in [-0.15, -0.1) is 0 Å². The number of amides is 3. The molecule has 9 heterocycles. The molecule has 144 heavy (non-hydrogen) atoms. The molecule has 3 saturated heterocycles. The number of rotatable bonds is 9. The molecule has 6 bridgehead atoms. The van der Waals surface area contributed by atoms with Crippen LogP contribution >= 0.6 is 0 Å². The van der Waals surface area contributed by atoms with E-state index in [-0.39, 0.29) is 142 Å². The fourth-order valence-electron chi connectivity index (χ4n) is 22.9. The molecular weight excluding hydrogens is 1940 g/mol. The van der Waals surface area contributed by atoms with Crippen LogP contribution in [-0.2, 0) is 132 Å². The maximum absolute atomic E-state index is 14.6. The Balaban J connectivity index is 0.000000179. The van der Waals surface area contributed by atoms with E-state index < -0.39 is 99.4 Å². The average Bonchev–Trinajstić information content (AvgIpc) is 1.60. The maximum Gasteiger partial charge on any atom is 0.307 e. The van der Waals surface area contributed by atoms with Gasteiger partial charge in [-0.25, -0.2) is 48.8 Å². The van der Waals surface area contributed by atoms with Crippen molar-refractivity contribution in [3.8, 4) is 34.9 Å². The summed E-state index contributed by atoms with van der Waals surface area (Å²) in [5.41, 5.74) is 6.29. The summed E-state index contributed by atoms with van der Waals surface area (Å²) in [6.45, 7) is 22.0. The van der Waals surface area contributed by atoms with Crippen LogP contribution in [0.3, 0.4) is 0 Å². The summed E-state index contributed by atoms with van der Waals surface area (Å²) in [7, 11) is 4.84. The summed E-state index contributed by atoms with van der Waals surface area (Å²) < 4.78 is 55.1. The molecule has 9 aliphatic rings. The first-order valence-corrected chi connectivity index (χ1v) is 51.0. The van der Waals surface area contributed by atoms with Crippen molar-refractivity contribution in [2.45, 2.75) is 308 Å². The van der Waals surface area contributed by atoms with Gasteiger partial charge in [0.1, 0.15) is 69.9 Å². The second kappa shape index (κ2) is 48.1. The summed E-state index contributed by atoms with van der Waals surface area (Å²) in [6, 6.07) is 43.0. The van der Waals surface area contributed by atoms with Gasteiger partial charge in [-0.1, -0.05) is 210 Å². The third-order valence-electron chi connectivity index (χ3n) is 31.2. The summed E-state index contributed by atoms with van der Waals surface area (Å²) in [5.74, 6) is -1.38. The molecule has 0 unspecified atom stereocenters. The molecular formula is C114H138N9O18V3-3. The molecule has 30 heteroatoms. The second-order valence-electron chi connectivity index (χ2n) is 43.9. The average molecular weight is 2080 g/mol. The van der Waals surface area contributed by atoms with Gasteiger partial charge in [0.2, 0.25) is 35.4 Å². The number of hydrogen-bond acceptors (Lipinski definition) is 24. The molecule has 3 amide bonds. The maximum atomic E-state index is 14.6. The topological polar surface area (TPSA) is 324 Å². The normalized spacial score (nSPS) is 27.9. The number of nitrogens with zero attached hydrogens (tertiary/aromatic N) is 9. The Bertz CT molecular complexity index is 5990. The first kappa shape index (κ1) is 111. The quantitative estimate of drug-likeness (QED) is 0.0736. The Morgan fingerprint density at radius 2 is 0.674 bits per heavy atom. The van der Waals surface area contributed by atoms with Gasteiger partial charge in [-0.05, 0) is 198 Å². The van der Waals surface area contributed by atoms with E-state index in [0.29, 0.717) is 82.5 Å². The van der Waals surface area contributed by atoms with Gasteiger partial charge in [0.15, 0.2) is 0 Å². The first-order valence-electron chi connectivity index (χ1n) is 51.0. The van der Waals surface area contributed by atoms with Crippen LogP contribution in [-0.4, -0.2) is 194 Å². The van der Waals surface area contributed by atoms with Gasteiger partial charge in [0, 0.05) is 97.5 Å². The van der Waals surface area contributed by atoms with Crippen molar-refractivity contribution in [2.24, 2.45) is 51.8 Å². The zero-order valence-electron chi connectivity index (χ0n) is 85.6. The number of methoxy groups -OCH3 is 3. The van der Waals surface area contributed by atoms with Crippen LogP contribution in [0.15, 0.2) is 146 Å². The fourth-order valence-corrected chi connectivity index (χ4v) is 22.9. The van der Waals surface area contributed by atoms with Crippen molar-refractivity contribution in [2.75, 3.05) is 41.0 Å². The van der Waals surface area contributed by atoms with Crippen LogP contribution in [0.5, 0.6) is 34.9 Å². The predicted octanol–water partition coefficient (Wildman–Crippen LogP) is 19.1.